The van der Waals surface area contributed by atoms with Crippen LogP contribution in [0.15, 0.2) is 23.2 Å². The molecule has 0 unspecified atom stereocenters. The summed E-state index contributed by atoms with van der Waals surface area (Å²) in [4.78, 5) is 18.6. The molecule has 2 aromatic heterocycles. The topological polar surface area (TPSA) is 89.1 Å². The van der Waals surface area contributed by atoms with E-state index in [9.17, 15) is 4.79 Å². The molecule has 0 amide bonds. The molecule has 2 aromatic rings. The Kier molecular flexibility index (Phi) is 2.17. The fourth-order valence-electron chi connectivity index (χ4n) is 1.20. The van der Waals surface area contributed by atoms with Crippen molar-refractivity contribution < 1.29 is 14.4 Å². The zero-order valence-electron chi connectivity index (χ0n) is 7.84. The molecule has 0 spiro atoms. The molecule has 76 valence electrons. The molecule has 0 atom stereocenters. The zero-order chi connectivity index (χ0) is 10.8. The molecule has 6 heteroatoms. The van der Waals surface area contributed by atoms with E-state index in [-0.39, 0.29) is 11.3 Å². The summed E-state index contributed by atoms with van der Waals surface area (Å²) in [5.41, 5.74) is 1.18. The Balaban J connectivity index is 2.59. The van der Waals surface area contributed by atoms with Crippen molar-refractivity contribution in [3.63, 3.8) is 0 Å². The molecule has 0 fully saturated rings. The van der Waals surface area contributed by atoms with E-state index in [0.29, 0.717) is 11.3 Å². The van der Waals surface area contributed by atoms with Gasteiger partial charge in [-0.25, -0.2) is 14.8 Å². The van der Waals surface area contributed by atoms with Gasteiger partial charge in [-0.2, -0.15) is 0 Å². The Bertz CT molecular complexity index is 507. The molecule has 0 radical (unpaired) electrons. The van der Waals surface area contributed by atoms with Crippen molar-refractivity contribution in [2.45, 2.75) is 6.92 Å². The van der Waals surface area contributed by atoms with E-state index in [2.05, 4.69) is 15.1 Å². The van der Waals surface area contributed by atoms with Gasteiger partial charge in [0.05, 0.1) is 17.5 Å². The monoisotopic (exact) mass is 205 g/mol. The number of hydrogen-bond acceptors (Lipinski definition) is 5. The van der Waals surface area contributed by atoms with Crippen molar-refractivity contribution >= 4 is 5.97 Å². The van der Waals surface area contributed by atoms with Crippen LogP contribution in [0.2, 0.25) is 0 Å². The molecule has 0 saturated carbocycles. The highest BCUT2D eigenvalue weighted by atomic mass is 16.5. The van der Waals surface area contributed by atoms with Crippen LogP contribution in [0.4, 0.5) is 0 Å². The Morgan fingerprint density at radius 1 is 1.47 bits per heavy atom. The lowest BCUT2D eigenvalue weighted by Crippen LogP contribution is -1.97. The maximum absolute atomic E-state index is 10.8. The molecular formula is C9H7N3O3. The summed E-state index contributed by atoms with van der Waals surface area (Å²) in [7, 11) is 0. The molecule has 1 N–H and O–H groups in total. The third-order valence-electron chi connectivity index (χ3n) is 1.96. The Hall–Kier alpha value is -2.24. The van der Waals surface area contributed by atoms with Gasteiger partial charge in [-0.3, -0.25) is 0 Å². The van der Waals surface area contributed by atoms with Gasteiger partial charge in [0.15, 0.2) is 5.76 Å². The van der Waals surface area contributed by atoms with E-state index >= 15 is 0 Å². The van der Waals surface area contributed by atoms with Gasteiger partial charge in [-0.15, -0.1) is 0 Å². The summed E-state index contributed by atoms with van der Waals surface area (Å²) in [6.07, 6.45) is 4.04. The average Bonchev–Trinajstić information content (AvgIpc) is 2.67. The fourth-order valence-corrected chi connectivity index (χ4v) is 1.20. The third kappa shape index (κ3) is 1.56. The van der Waals surface area contributed by atoms with Crippen molar-refractivity contribution in [3.05, 3.63) is 30.0 Å². The molecule has 6 nitrogen and oxygen atoms in total. The summed E-state index contributed by atoms with van der Waals surface area (Å²) in [5, 5.41) is 12.3. The van der Waals surface area contributed by atoms with Crippen molar-refractivity contribution in [2.24, 2.45) is 0 Å². The van der Waals surface area contributed by atoms with Gasteiger partial charge < -0.3 is 9.63 Å². The molecular weight excluding hydrogens is 198 g/mol. The third-order valence-corrected chi connectivity index (χ3v) is 1.96. The highest BCUT2D eigenvalue weighted by molar-refractivity contribution is 5.94. The molecule has 15 heavy (non-hydrogen) atoms. The number of aromatic carboxylic acids is 1. The molecule has 0 saturated heterocycles. The van der Waals surface area contributed by atoms with E-state index in [4.69, 9.17) is 9.63 Å². The zero-order valence-corrected chi connectivity index (χ0v) is 7.84. The average molecular weight is 205 g/mol. The molecule has 2 rings (SSSR count). The molecule has 0 aliphatic rings. The SMILES string of the molecule is Cc1ncncc1-c1oncc1C(=O)O. The number of aromatic nitrogens is 3. The first-order valence-corrected chi connectivity index (χ1v) is 4.15. The lowest BCUT2D eigenvalue weighted by atomic mass is 10.1. The van der Waals surface area contributed by atoms with Crippen LogP contribution in [0.1, 0.15) is 16.1 Å². The quantitative estimate of drug-likeness (QED) is 0.790. The van der Waals surface area contributed by atoms with Crippen molar-refractivity contribution in [1.29, 1.82) is 0 Å². The van der Waals surface area contributed by atoms with E-state index in [1.165, 1.54) is 12.5 Å². The van der Waals surface area contributed by atoms with Gasteiger partial charge in [0, 0.05) is 6.20 Å². The number of carboxylic acids is 1. The van der Waals surface area contributed by atoms with Gasteiger partial charge >= 0.3 is 5.97 Å². The molecule has 0 aliphatic carbocycles. The van der Waals surface area contributed by atoms with Crippen molar-refractivity contribution in [2.75, 3.05) is 0 Å². The molecule has 0 aliphatic heterocycles. The largest absolute Gasteiger partial charge is 0.477 e. The smallest absolute Gasteiger partial charge is 0.341 e. The maximum Gasteiger partial charge on any atom is 0.341 e. The van der Waals surface area contributed by atoms with Crippen LogP contribution in [0, 0.1) is 6.92 Å². The van der Waals surface area contributed by atoms with Crippen LogP contribution in [-0.2, 0) is 0 Å². The van der Waals surface area contributed by atoms with Gasteiger partial charge in [-0.05, 0) is 6.92 Å². The summed E-state index contributed by atoms with van der Waals surface area (Å²) < 4.78 is 4.88. The maximum atomic E-state index is 10.8. The normalized spacial score (nSPS) is 10.2. The summed E-state index contributed by atoms with van der Waals surface area (Å²) >= 11 is 0. The van der Waals surface area contributed by atoms with Crippen molar-refractivity contribution in [3.8, 4) is 11.3 Å². The number of aryl methyl sites for hydroxylation is 1. The number of carbonyl (C=O) groups is 1. The van der Waals surface area contributed by atoms with Crippen LogP contribution in [-0.4, -0.2) is 26.2 Å². The van der Waals surface area contributed by atoms with E-state index in [1.807, 2.05) is 0 Å². The fraction of sp³-hybridized carbons (Fsp3) is 0.111. The number of hydrogen-bond donors (Lipinski definition) is 1. The first-order chi connectivity index (χ1) is 7.20. The van der Waals surface area contributed by atoms with Crippen LogP contribution in [0.25, 0.3) is 11.3 Å². The van der Waals surface area contributed by atoms with E-state index in [0.717, 1.165) is 6.20 Å². The lowest BCUT2D eigenvalue weighted by molar-refractivity contribution is 0.0697. The van der Waals surface area contributed by atoms with Crippen LogP contribution < -0.4 is 0 Å². The Morgan fingerprint density at radius 3 is 2.93 bits per heavy atom. The van der Waals surface area contributed by atoms with Gasteiger partial charge in [-0.1, -0.05) is 5.16 Å². The van der Waals surface area contributed by atoms with E-state index < -0.39 is 5.97 Å². The minimum atomic E-state index is -1.09. The second-order valence-electron chi connectivity index (χ2n) is 2.90. The summed E-state index contributed by atoms with van der Waals surface area (Å²) in [6.45, 7) is 1.74. The minimum absolute atomic E-state index is 0.00731. The number of nitrogens with zero attached hydrogens (tertiary/aromatic N) is 3. The molecule has 0 bridgehead atoms. The second-order valence-corrected chi connectivity index (χ2v) is 2.90. The van der Waals surface area contributed by atoms with Crippen LogP contribution in [0.5, 0.6) is 0 Å². The van der Waals surface area contributed by atoms with Crippen LogP contribution >= 0.6 is 0 Å². The van der Waals surface area contributed by atoms with Gasteiger partial charge in [0.1, 0.15) is 11.9 Å². The lowest BCUT2D eigenvalue weighted by Gasteiger charge is -1.99. The highest BCUT2D eigenvalue weighted by Crippen LogP contribution is 2.24. The van der Waals surface area contributed by atoms with Crippen LogP contribution in [0.3, 0.4) is 0 Å². The molecule has 0 aromatic carbocycles. The standard InChI is InChI=1S/C9H7N3O3/c1-5-6(2-10-4-11-5)8-7(9(13)14)3-12-15-8/h2-4H,1H3,(H,13,14). The van der Waals surface area contributed by atoms with E-state index in [1.54, 1.807) is 6.92 Å². The Labute approximate surface area is 84.6 Å². The van der Waals surface area contributed by atoms with Gasteiger partial charge in [0.25, 0.3) is 0 Å². The number of carboxylic acid groups (broad SMARTS) is 1. The summed E-state index contributed by atoms with van der Waals surface area (Å²) in [5.74, 6) is -0.907. The highest BCUT2D eigenvalue weighted by Gasteiger charge is 2.18. The van der Waals surface area contributed by atoms with Crippen molar-refractivity contribution in [1.82, 2.24) is 15.1 Å². The first-order valence-electron chi connectivity index (χ1n) is 4.15. The second kappa shape index (κ2) is 3.49. The first kappa shape index (κ1) is 9.32. The predicted octanol–water partition coefficient (Wildman–Crippen LogP) is 1.14. The summed E-state index contributed by atoms with van der Waals surface area (Å²) in [6, 6.07) is 0. The minimum Gasteiger partial charge on any atom is -0.477 e. The molecule has 2 heterocycles. The Morgan fingerprint density at radius 2 is 2.27 bits per heavy atom. The predicted molar refractivity (Wildman–Crippen MR) is 49.2 cm³/mol. The number of rotatable bonds is 2. The van der Waals surface area contributed by atoms with Gasteiger partial charge in [0.2, 0.25) is 0 Å².